The van der Waals surface area contributed by atoms with Crippen LogP contribution in [0.5, 0.6) is 5.75 Å². The third-order valence-corrected chi connectivity index (χ3v) is 6.36. The largest absolute Gasteiger partial charge is 0.481 e. The summed E-state index contributed by atoms with van der Waals surface area (Å²) in [5, 5.41) is 8.81. The van der Waals surface area contributed by atoms with E-state index < -0.39 is 17.7 Å². The molecule has 3 aromatic rings. The zero-order valence-corrected chi connectivity index (χ0v) is 18.3. The molecule has 1 N–H and O–H groups in total. The number of hydrogen-bond donors (Lipinski definition) is 1. The predicted molar refractivity (Wildman–Crippen MR) is 116 cm³/mol. The fourth-order valence-corrected chi connectivity index (χ4v) is 4.72. The highest BCUT2D eigenvalue weighted by molar-refractivity contribution is 7.15. The van der Waals surface area contributed by atoms with Crippen molar-refractivity contribution in [2.24, 2.45) is 0 Å². The number of carboxylic acid groups (broad SMARTS) is 1. The third-order valence-electron chi connectivity index (χ3n) is 5.02. The van der Waals surface area contributed by atoms with E-state index in [2.05, 4.69) is 0 Å². The van der Waals surface area contributed by atoms with Gasteiger partial charge in [0.05, 0.1) is 5.56 Å². The Morgan fingerprint density at radius 1 is 0.968 bits per heavy atom. The number of rotatable bonds is 7. The molecule has 0 radical (unpaired) electrons. The van der Waals surface area contributed by atoms with Gasteiger partial charge in [0, 0.05) is 9.75 Å². The van der Waals surface area contributed by atoms with Crippen LogP contribution in [-0.4, -0.2) is 17.7 Å². The number of hydrogen-bond acceptors (Lipinski definition) is 3. The first-order valence-corrected chi connectivity index (χ1v) is 10.6. The van der Waals surface area contributed by atoms with E-state index in [1.54, 1.807) is 11.3 Å². The molecule has 1 heterocycles. The quantitative estimate of drug-likeness (QED) is 0.443. The van der Waals surface area contributed by atoms with Crippen molar-refractivity contribution in [1.82, 2.24) is 0 Å². The molecule has 164 valence electrons. The molecule has 2 aromatic carbocycles. The van der Waals surface area contributed by atoms with Gasteiger partial charge in [-0.2, -0.15) is 13.2 Å². The second-order valence-electron chi connectivity index (χ2n) is 7.53. The van der Waals surface area contributed by atoms with Crippen LogP contribution in [0, 0.1) is 20.8 Å². The van der Waals surface area contributed by atoms with E-state index in [0.717, 1.165) is 57.7 Å². The summed E-state index contributed by atoms with van der Waals surface area (Å²) in [5.41, 5.74) is 4.16. The molecule has 0 aliphatic rings. The molecule has 0 aliphatic heterocycles. The van der Waals surface area contributed by atoms with Gasteiger partial charge in [0.25, 0.3) is 0 Å². The first-order valence-electron chi connectivity index (χ1n) is 9.76. The smallest absolute Gasteiger partial charge is 0.416 e. The summed E-state index contributed by atoms with van der Waals surface area (Å²) < 4.78 is 43.7. The minimum Gasteiger partial charge on any atom is -0.481 e. The summed E-state index contributed by atoms with van der Waals surface area (Å²) in [4.78, 5) is 12.9. The molecule has 0 saturated carbocycles. The van der Waals surface area contributed by atoms with Crippen LogP contribution in [-0.2, 0) is 23.8 Å². The highest BCUT2D eigenvalue weighted by Crippen LogP contribution is 2.35. The predicted octanol–water partition coefficient (Wildman–Crippen LogP) is 6.61. The molecular weight excluding hydrogens is 425 g/mol. The van der Waals surface area contributed by atoms with Crippen LogP contribution in [0.4, 0.5) is 13.2 Å². The van der Waals surface area contributed by atoms with Crippen LogP contribution >= 0.6 is 11.3 Å². The molecule has 0 spiro atoms. The van der Waals surface area contributed by atoms with Gasteiger partial charge in [0.2, 0.25) is 0 Å². The van der Waals surface area contributed by atoms with Crippen LogP contribution in [0.2, 0.25) is 0 Å². The fraction of sp³-hybridized carbons (Fsp3) is 0.292. The zero-order chi connectivity index (χ0) is 22.8. The second kappa shape index (κ2) is 9.14. The molecule has 0 bridgehead atoms. The molecule has 0 unspecified atom stereocenters. The molecule has 0 amide bonds. The Morgan fingerprint density at radius 3 is 2.13 bits per heavy atom. The van der Waals surface area contributed by atoms with E-state index in [4.69, 9.17) is 9.84 Å². The van der Waals surface area contributed by atoms with Gasteiger partial charge in [-0.3, -0.25) is 0 Å². The standard InChI is InChI=1S/C24H23F3O3S/c1-14-12-21(18-5-7-19(8-6-18)24(25,26)27)31-20(14)9-4-17-10-15(2)23(16(3)11-17)30-13-22(28)29/h5-8,10-12H,4,9,13H2,1-3H3,(H,28,29). The van der Waals surface area contributed by atoms with Crippen molar-refractivity contribution in [1.29, 1.82) is 0 Å². The highest BCUT2D eigenvalue weighted by Gasteiger charge is 2.30. The third kappa shape index (κ3) is 5.67. The monoisotopic (exact) mass is 448 g/mol. The van der Waals surface area contributed by atoms with Crippen molar-refractivity contribution < 1.29 is 27.8 Å². The zero-order valence-electron chi connectivity index (χ0n) is 17.5. The lowest BCUT2D eigenvalue weighted by atomic mass is 10.0. The number of aliphatic carboxylic acids is 1. The van der Waals surface area contributed by atoms with E-state index in [1.807, 2.05) is 39.0 Å². The van der Waals surface area contributed by atoms with Crippen LogP contribution in [0.1, 0.15) is 32.7 Å². The molecular formula is C24H23F3O3S. The summed E-state index contributed by atoms with van der Waals surface area (Å²) in [7, 11) is 0. The van der Waals surface area contributed by atoms with Crippen LogP contribution < -0.4 is 4.74 Å². The normalized spacial score (nSPS) is 11.5. The van der Waals surface area contributed by atoms with Crippen molar-refractivity contribution in [2.75, 3.05) is 6.61 Å². The van der Waals surface area contributed by atoms with Crippen molar-refractivity contribution in [2.45, 2.75) is 39.8 Å². The highest BCUT2D eigenvalue weighted by atomic mass is 32.1. The van der Waals surface area contributed by atoms with E-state index in [-0.39, 0.29) is 6.61 Å². The molecule has 0 aliphatic carbocycles. The number of alkyl halides is 3. The number of aryl methyl sites for hydroxylation is 5. The van der Waals surface area contributed by atoms with E-state index in [9.17, 15) is 18.0 Å². The molecule has 3 rings (SSSR count). The first-order chi connectivity index (χ1) is 14.5. The molecule has 0 saturated heterocycles. The summed E-state index contributed by atoms with van der Waals surface area (Å²) in [6, 6.07) is 11.3. The summed E-state index contributed by atoms with van der Waals surface area (Å²) in [5.74, 6) is -0.414. The van der Waals surface area contributed by atoms with Gasteiger partial charge in [-0.25, -0.2) is 4.79 Å². The number of halogens is 3. The Labute approximate surface area is 183 Å². The Bertz CT molecular complexity index is 1060. The van der Waals surface area contributed by atoms with E-state index in [0.29, 0.717) is 5.75 Å². The van der Waals surface area contributed by atoms with Crippen LogP contribution in [0.3, 0.4) is 0 Å². The fourth-order valence-electron chi connectivity index (χ4n) is 3.54. The lowest BCUT2D eigenvalue weighted by Crippen LogP contribution is -2.11. The Balaban J connectivity index is 1.72. The van der Waals surface area contributed by atoms with E-state index in [1.165, 1.54) is 17.0 Å². The van der Waals surface area contributed by atoms with Crippen LogP contribution in [0.25, 0.3) is 10.4 Å². The van der Waals surface area contributed by atoms with Gasteiger partial charge in [-0.15, -0.1) is 11.3 Å². The topological polar surface area (TPSA) is 46.5 Å². The molecule has 31 heavy (non-hydrogen) atoms. The Hall–Kier alpha value is -2.80. The number of carbonyl (C=O) groups is 1. The second-order valence-corrected chi connectivity index (χ2v) is 8.67. The minimum atomic E-state index is -4.33. The maximum Gasteiger partial charge on any atom is 0.416 e. The average molecular weight is 449 g/mol. The summed E-state index contributed by atoms with van der Waals surface area (Å²) >= 11 is 1.60. The van der Waals surface area contributed by atoms with Crippen molar-refractivity contribution in [3.63, 3.8) is 0 Å². The number of ether oxygens (including phenoxy) is 1. The van der Waals surface area contributed by atoms with E-state index >= 15 is 0 Å². The number of thiophene rings is 1. The number of benzene rings is 2. The first kappa shape index (κ1) is 22.9. The van der Waals surface area contributed by atoms with Gasteiger partial charge in [0.15, 0.2) is 6.61 Å². The summed E-state index contributed by atoms with van der Waals surface area (Å²) in [6.45, 7) is 5.43. The van der Waals surface area contributed by atoms with Gasteiger partial charge in [0.1, 0.15) is 5.75 Å². The number of carboxylic acids is 1. The molecule has 0 atom stereocenters. The molecule has 7 heteroatoms. The lowest BCUT2D eigenvalue weighted by Gasteiger charge is -2.13. The Morgan fingerprint density at radius 2 is 1.58 bits per heavy atom. The summed E-state index contributed by atoms with van der Waals surface area (Å²) in [6.07, 6.45) is -2.72. The molecule has 3 nitrogen and oxygen atoms in total. The Kier molecular flexibility index (Phi) is 6.74. The SMILES string of the molecule is Cc1cc(-c2ccc(C(F)(F)F)cc2)sc1CCc1cc(C)c(OCC(=O)O)c(C)c1. The molecule has 1 aromatic heterocycles. The van der Waals surface area contributed by atoms with Crippen molar-refractivity contribution >= 4 is 17.3 Å². The molecule has 0 fully saturated rings. The van der Waals surface area contributed by atoms with Crippen molar-refractivity contribution in [3.8, 4) is 16.2 Å². The van der Waals surface area contributed by atoms with Gasteiger partial charge < -0.3 is 9.84 Å². The van der Waals surface area contributed by atoms with Crippen LogP contribution in [0.15, 0.2) is 42.5 Å². The van der Waals surface area contributed by atoms with Gasteiger partial charge in [-0.05, 0) is 79.6 Å². The van der Waals surface area contributed by atoms with Gasteiger partial charge >= 0.3 is 12.1 Å². The van der Waals surface area contributed by atoms with Gasteiger partial charge in [-0.1, -0.05) is 24.3 Å². The average Bonchev–Trinajstić information content (AvgIpc) is 3.05. The maximum atomic E-state index is 12.8. The minimum absolute atomic E-state index is 0.373. The lowest BCUT2D eigenvalue weighted by molar-refractivity contribution is -0.139. The van der Waals surface area contributed by atoms with Crippen molar-refractivity contribution in [3.05, 3.63) is 75.2 Å². The maximum absolute atomic E-state index is 12.8.